The Kier molecular flexibility index (Phi) is 3.01. The first-order valence-corrected chi connectivity index (χ1v) is 8.00. The van der Waals surface area contributed by atoms with Gasteiger partial charge in [-0.3, -0.25) is 24.1 Å². The quantitative estimate of drug-likeness (QED) is 0.618. The molecule has 0 radical (unpaired) electrons. The Morgan fingerprint density at radius 1 is 1.09 bits per heavy atom. The number of Topliss-reactive ketones (excluding diaryl/α,β-unsaturated/α-hetero) is 2. The lowest BCUT2D eigenvalue weighted by atomic mass is 9.59. The summed E-state index contributed by atoms with van der Waals surface area (Å²) in [6, 6.07) is 6.59. The van der Waals surface area contributed by atoms with Crippen molar-refractivity contribution in [3.05, 3.63) is 29.8 Å². The highest BCUT2D eigenvalue weighted by Gasteiger charge is 2.60. The van der Waals surface area contributed by atoms with Crippen LogP contribution in [0.1, 0.15) is 36.5 Å². The van der Waals surface area contributed by atoms with Gasteiger partial charge in [0, 0.05) is 17.9 Å². The number of amides is 2. The van der Waals surface area contributed by atoms with E-state index in [4.69, 9.17) is 0 Å². The van der Waals surface area contributed by atoms with Crippen LogP contribution in [0.25, 0.3) is 0 Å². The average Bonchev–Trinajstić information content (AvgIpc) is 2.81. The van der Waals surface area contributed by atoms with Gasteiger partial charge < -0.3 is 0 Å². The molecule has 1 aliphatic heterocycles. The maximum atomic E-state index is 12.8. The first-order chi connectivity index (χ1) is 11.0. The van der Waals surface area contributed by atoms with Gasteiger partial charge in [0.1, 0.15) is 5.78 Å². The molecule has 1 aromatic carbocycles. The number of fused-ring (bicyclic) bond motifs is 2. The van der Waals surface area contributed by atoms with Crippen molar-refractivity contribution in [3.8, 4) is 0 Å². The minimum absolute atomic E-state index is 0.00469. The van der Waals surface area contributed by atoms with Crippen LogP contribution in [0.15, 0.2) is 24.3 Å². The number of anilines is 1. The van der Waals surface area contributed by atoms with Crippen molar-refractivity contribution in [2.24, 2.45) is 23.7 Å². The molecule has 5 nitrogen and oxygen atoms in total. The molecule has 2 bridgehead atoms. The van der Waals surface area contributed by atoms with Crippen molar-refractivity contribution in [2.45, 2.75) is 26.2 Å². The summed E-state index contributed by atoms with van der Waals surface area (Å²) in [5.74, 6) is -1.63. The molecule has 0 aromatic heterocycles. The summed E-state index contributed by atoms with van der Waals surface area (Å²) in [6.45, 7) is 1.45. The van der Waals surface area contributed by atoms with Crippen molar-refractivity contribution in [1.29, 1.82) is 0 Å². The molecule has 2 amide bonds. The third kappa shape index (κ3) is 1.92. The molecule has 1 aromatic rings. The third-order valence-corrected chi connectivity index (χ3v) is 5.58. The highest BCUT2D eigenvalue weighted by molar-refractivity contribution is 6.23. The largest absolute Gasteiger partial charge is 0.299 e. The lowest BCUT2D eigenvalue weighted by molar-refractivity contribution is -0.143. The van der Waals surface area contributed by atoms with Crippen LogP contribution in [0.4, 0.5) is 5.69 Å². The van der Waals surface area contributed by atoms with Crippen LogP contribution in [-0.4, -0.2) is 23.4 Å². The molecule has 3 aliphatic carbocycles. The third-order valence-electron chi connectivity index (χ3n) is 5.58. The van der Waals surface area contributed by atoms with Crippen LogP contribution in [0.3, 0.4) is 0 Å². The Bertz CT molecular complexity index is 753. The van der Waals surface area contributed by atoms with Crippen LogP contribution in [0.2, 0.25) is 0 Å². The SMILES string of the molecule is CC(=O)c1cccc(N2C(=O)[C@H]3[C@@H]4CC[C@@H](C(=O)C4)[C@H]3C2=O)c1. The second-order valence-electron chi connectivity index (χ2n) is 6.78. The number of hydrogen-bond donors (Lipinski definition) is 0. The summed E-state index contributed by atoms with van der Waals surface area (Å²) >= 11 is 0. The molecule has 1 heterocycles. The number of rotatable bonds is 2. The van der Waals surface area contributed by atoms with E-state index in [0.717, 1.165) is 6.42 Å². The summed E-state index contributed by atoms with van der Waals surface area (Å²) in [7, 11) is 0. The number of carbonyl (C=O) groups excluding carboxylic acids is 4. The molecule has 4 fully saturated rings. The van der Waals surface area contributed by atoms with E-state index in [1.807, 2.05) is 0 Å². The minimum atomic E-state index is -0.497. The Morgan fingerprint density at radius 2 is 1.83 bits per heavy atom. The topological polar surface area (TPSA) is 71.5 Å². The van der Waals surface area contributed by atoms with Crippen molar-refractivity contribution in [1.82, 2.24) is 0 Å². The van der Waals surface area contributed by atoms with Gasteiger partial charge in [0.25, 0.3) is 0 Å². The van der Waals surface area contributed by atoms with Gasteiger partial charge in [-0.15, -0.1) is 0 Å². The van der Waals surface area contributed by atoms with Crippen LogP contribution in [-0.2, 0) is 14.4 Å². The van der Waals surface area contributed by atoms with Crippen LogP contribution in [0, 0.1) is 23.7 Å². The van der Waals surface area contributed by atoms with Crippen molar-refractivity contribution in [2.75, 3.05) is 4.90 Å². The van der Waals surface area contributed by atoms with Crippen molar-refractivity contribution in [3.63, 3.8) is 0 Å². The zero-order chi connectivity index (χ0) is 16.3. The Labute approximate surface area is 133 Å². The number of imide groups is 1. The zero-order valence-corrected chi connectivity index (χ0v) is 12.8. The summed E-state index contributed by atoms with van der Waals surface area (Å²) < 4.78 is 0. The molecule has 4 atom stereocenters. The predicted molar refractivity (Wildman–Crippen MR) is 81.8 cm³/mol. The van der Waals surface area contributed by atoms with Gasteiger partial charge in [-0.25, -0.2) is 0 Å². The molecule has 1 saturated heterocycles. The number of nitrogens with zero attached hydrogens (tertiary/aromatic N) is 1. The van der Waals surface area contributed by atoms with E-state index in [2.05, 4.69) is 0 Å². The molecule has 0 unspecified atom stereocenters. The second-order valence-corrected chi connectivity index (χ2v) is 6.78. The fraction of sp³-hybridized carbons (Fsp3) is 0.444. The molecular formula is C18H17NO4. The molecule has 3 saturated carbocycles. The number of hydrogen-bond acceptors (Lipinski definition) is 4. The minimum Gasteiger partial charge on any atom is -0.299 e. The summed E-state index contributed by atoms with van der Waals surface area (Å²) in [5, 5.41) is 0. The Morgan fingerprint density at radius 3 is 2.52 bits per heavy atom. The predicted octanol–water partition coefficient (Wildman–Crippen LogP) is 1.99. The van der Waals surface area contributed by atoms with Gasteiger partial charge in [-0.2, -0.15) is 0 Å². The molecule has 0 spiro atoms. The van der Waals surface area contributed by atoms with E-state index >= 15 is 0 Å². The van der Waals surface area contributed by atoms with Crippen molar-refractivity contribution >= 4 is 29.1 Å². The number of benzene rings is 1. The lowest BCUT2D eigenvalue weighted by Gasteiger charge is -2.41. The monoisotopic (exact) mass is 311 g/mol. The Balaban J connectivity index is 1.75. The average molecular weight is 311 g/mol. The zero-order valence-electron chi connectivity index (χ0n) is 12.8. The molecule has 118 valence electrons. The van der Waals surface area contributed by atoms with E-state index < -0.39 is 5.92 Å². The number of ketones is 2. The maximum Gasteiger partial charge on any atom is 0.238 e. The van der Waals surface area contributed by atoms with Crippen LogP contribution in [0.5, 0.6) is 0 Å². The summed E-state index contributed by atoms with van der Waals surface area (Å²) in [6.07, 6.45) is 1.98. The van der Waals surface area contributed by atoms with Gasteiger partial charge in [-0.05, 0) is 37.8 Å². The molecular weight excluding hydrogens is 294 g/mol. The molecule has 0 N–H and O–H groups in total. The van der Waals surface area contributed by atoms with Gasteiger partial charge in [0.2, 0.25) is 11.8 Å². The fourth-order valence-corrected chi connectivity index (χ4v) is 4.50. The van der Waals surface area contributed by atoms with E-state index in [-0.39, 0.29) is 41.1 Å². The number of carbonyl (C=O) groups is 4. The van der Waals surface area contributed by atoms with E-state index in [1.165, 1.54) is 11.8 Å². The van der Waals surface area contributed by atoms with Gasteiger partial charge in [0.15, 0.2) is 5.78 Å². The highest BCUT2D eigenvalue weighted by atomic mass is 16.2. The van der Waals surface area contributed by atoms with E-state index in [0.29, 0.717) is 24.1 Å². The maximum absolute atomic E-state index is 12.8. The van der Waals surface area contributed by atoms with E-state index in [1.54, 1.807) is 24.3 Å². The summed E-state index contributed by atoms with van der Waals surface area (Å²) in [4.78, 5) is 50.5. The summed E-state index contributed by atoms with van der Waals surface area (Å²) in [5.41, 5.74) is 0.908. The molecule has 5 rings (SSSR count). The van der Waals surface area contributed by atoms with Crippen LogP contribution < -0.4 is 4.90 Å². The molecule has 4 aliphatic rings. The van der Waals surface area contributed by atoms with Crippen LogP contribution >= 0.6 is 0 Å². The normalized spacial score (nSPS) is 32.4. The highest BCUT2D eigenvalue weighted by Crippen LogP contribution is 2.52. The molecule has 5 heteroatoms. The van der Waals surface area contributed by atoms with Gasteiger partial charge >= 0.3 is 0 Å². The first kappa shape index (κ1) is 14.3. The van der Waals surface area contributed by atoms with Gasteiger partial charge in [0.05, 0.1) is 17.5 Å². The smallest absolute Gasteiger partial charge is 0.238 e. The van der Waals surface area contributed by atoms with E-state index in [9.17, 15) is 19.2 Å². The second kappa shape index (κ2) is 4.85. The molecule has 23 heavy (non-hydrogen) atoms. The first-order valence-electron chi connectivity index (χ1n) is 8.00. The van der Waals surface area contributed by atoms with Gasteiger partial charge in [-0.1, -0.05) is 12.1 Å². The van der Waals surface area contributed by atoms with Crippen molar-refractivity contribution < 1.29 is 19.2 Å². The Hall–Kier alpha value is -2.30. The fourth-order valence-electron chi connectivity index (χ4n) is 4.50. The lowest BCUT2D eigenvalue weighted by Crippen LogP contribution is -2.46. The standard InChI is InChI=1S/C18H17NO4/c1-9(20)10-3-2-4-12(7-10)19-17(22)15-11-5-6-13(14(21)8-11)16(15)18(19)23/h2-4,7,11,13,15-16H,5-6,8H2,1H3/t11-,13+,15+,16-/m1/s1.